The molecule has 0 bridgehead atoms. The van der Waals surface area contributed by atoms with Gasteiger partial charge in [0, 0.05) is 0 Å². The number of nitrogens with one attached hydrogen (secondary N) is 1. The van der Waals surface area contributed by atoms with Crippen molar-refractivity contribution in [1.82, 2.24) is 9.88 Å². The molecule has 114 valence electrons. The van der Waals surface area contributed by atoms with Crippen LogP contribution in [0.3, 0.4) is 0 Å². The molecular formula is C9H11F3N2O5S. The number of halogens is 3. The predicted octanol–water partition coefficient (Wildman–Crippen LogP) is 0.975. The molecule has 11 heteroatoms. The summed E-state index contributed by atoms with van der Waals surface area (Å²) in [5.41, 5.74) is -3.84. The number of hydrogen-bond acceptors (Lipinski definition) is 5. The Morgan fingerprint density at radius 2 is 1.85 bits per heavy atom. The maximum Gasteiger partial charge on any atom is 0.418 e. The van der Waals surface area contributed by atoms with Crippen molar-refractivity contribution in [3.8, 4) is 0 Å². The fourth-order valence-corrected chi connectivity index (χ4v) is 3.09. The first-order valence-corrected chi connectivity index (χ1v) is 6.58. The molecule has 0 aliphatic rings. The Hall–Kier alpha value is -1.62. The number of hydrogen-bond donors (Lipinski definition) is 2. The van der Waals surface area contributed by atoms with E-state index in [2.05, 4.69) is 9.68 Å². The van der Waals surface area contributed by atoms with E-state index >= 15 is 0 Å². The highest BCUT2D eigenvalue weighted by molar-refractivity contribution is 7.89. The van der Waals surface area contributed by atoms with E-state index in [0.29, 0.717) is 0 Å². The lowest BCUT2D eigenvalue weighted by molar-refractivity contribution is -0.201. The first-order chi connectivity index (χ1) is 8.83. The summed E-state index contributed by atoms with van der Waals surface area (Å²) < 4.78 is 67.9. The van der Waals surface area contributed by atoms with Crippen molar-refractivity contribution in [2.45, 2.75) is 37.4 Å². The molecule has 1 unspecified atom stereocenters. The first kappa shape index (κ1) is 16.4. The number of carboxylic acids is 1. The van der Waals surface area contributed by atoms with E-state index in [-0.39, 0.29) is 18.4 Å². The largest absolute Gasteiger partial charge is 0.480 e. The fourth-order valence-electron chi connectivity index (χ4n) is 1.40. The number of nitrogens with zero attached hydrogens (tertiary/aromatic N) is 1. The average molecular weight is 316 g/mol. The highest BCUT2D eigenvalue weighted by atomic mass is 32.2. The van der Waals surface area contributed by atoms with Crippen LogP contribution in [0.5, 0.6) is 0 Å². The Kier molecular flexibility index (Phi) is 3.89. The second-order valence-corrected chi connectivity index (χ2v) is 5.81. The highest BCUT2D eigenvalue weighted by Crippen LogP contribution is 2.32. The number of carboxylic acid groups (broad SMARTS) is 1. The third kappa shape index (κ3) is 2.63. The number of aryl methyl sites for hydroxylation is 2. The quantitative estimate of drug-likeness (QED) is 0.857. The van der Waals surface area contributed by atoms with Crippen LogP contribution < -0.4 is 4.72 Å². The summed E-state index contributed by atoms with van der Waals surface area (Å²) in [6.45, 7) is 2.60. The number of aromatic nitrogens is 1. The molecule has 0 spiro atoms. The summed E-state index contributed by atoms with van der Waals surface area (Å²) in [5.74, 6) is -2.62. The predicted molar refractivity (Wildman–Crippen MR) is 58.4 cm³/mol. The molecule has 1 aromatic heterocycles. The van der Waals surface area contributed by atoms with Gasteiger partial charge < -0.3 is 9.63 Å². The lowest BCUT2D eigenvalue weighted by Gasteiger charge is -2.28. The zero-order chi connectivity index (χ0) is 15.9. The molecule has 0 aliphatic heterocycles. The van der Waals surface area contributed by atoms with E-state index in [1.54, 1.807) is 0 Å². The topological polar surface area (TPSA) is 110 Å². The number of sulfonamides is 1. The molecule has 0 fully saturated rings. The SMILES string of the molecule is Cc1noc(C)c1S(=O)(=O)NC(C)(C(=O)O)C(F)(F)F. The highest BCUT2D eigenvalue weighted by Gasteiger charge is 2.60. The first-order valence-electron chi connectivity index (χ1n) is 5.10. The normalized spacial score (nSPS) is 15.9. The van der Waals surface area contributed by atoms with Gasteiger partial charge >= 0.3 is 12.1 Å². The molecular weight excluding hydrogens is 305 g/mol. The molecule has 0 saturated heterocycles. The van der Waals surface area contributed by atoms with Crippen molar-refractivity contribution in [3.63, 3.8) is 0 Å². The molecule has 0 saturated carbocycles. The smallest absolute Gasteiger partial charge is 0.418 e. The zero-order valence-corrected chi connectivity index (χ0v) is 11.4. The minimum Gasteiger partial charge on any atom is -0.480 e. The third-order valence-electron chi connectivity index (χ3n) is 2.57. The minimum absolute atomic E-state index is 0.176. The van der Waals surface area contributed by atoms with Gasteiger partial charge in [-0.15, -0.1) is 0 Å². The maximum absolute atomic E-state index is 12.8. The van der Waals surface area contributed by atoms with Crippen LogP contribution in [0.1, 0.15) is 18.4 Å². The van der Waals surface area contributed by atoms with Gasteiger partial charge in [-0.25, -0.2) is 13.2 Å². The lowest BCUT2D eigenvalue weighted by atomic mass is 10.0. The molecule has 1 rings (SSSR count). The number of alkyl halides is 3. The van der Waals surface area contributed by atoms with Crippen molar-refractivity contribution in [3.05, 3.63) is 11.5 Å². The van der Waals surface area contributed by atoms with Crippen molar-refractivity contribution < 1.29 is 36.0 Å². The van der Waals surface area contributed by atoms with Crippen LogP contribution in [0.2, 0.25) is 0 Å². The Bertz CT molecular complexity index is 617. The van der Waals surface area contributed by atoms with E-state index in [9.17, 15) is 26.4 Å². The van der Waals surface area contributed by atoms with Crippen LogP contribution >= 0.6 is 0 Å². The summed E-state index contributed by atoms with van der Waals surface area (Å²) in [5, 5.41) is 12.0. The standard InChI is InChI=1S/C9H11F3N2O5S/c1-4-6(5(2)19-13-4)20(17,18)14-8(3,7(15)16)9(10,11)12/h14H,1-3H3,(H,15,16). The van der Waals surface area contributed by atoms with Crippen molar-refractivity contribution >= 4 is 16.0 Å². The average Bonchev–Trinajstić information content (AvgIpc) is 2.56. The summed E-state index contributed by atoms with van der Waals surface area (Å²) in [6, 6.07) is 0. The van der Waals surface area contributed by atoms with E-state index in [1.807, 2.05) is 0 Å². The molecule has 2 N–H and O–H groups in total. The molecule has 0 aliphatic carbocycles. The van der Waals surface area contributed by atoms with Crippen LogP contribution in [-0.4, -0.2) is 36.4 Å². The molecule has 0 amide bonds. The Balaban J connectivity index is 3.36. The van der Waals surface area contributed by atoms with Gasteiger partial charge in [0.15, 0.2) is 5.76 Å². The summed E-state index contributed by atoms with van der Waals surface area (Å²) in [7, 11) is -4.77. The van der Waals surface area contributed by atoms with Crippen LogP contribution in [0.4, 0.5) is 13.2 Å². The van der Waals surface area contributed by atoms with Gasteiger partial charge in [0.05, 0.1) is 0 Å². The van der Waals surface area contributed by atoms with E-state index in [4.69, 9.17) is 5.11 Å². The lowest BCUT2D eigenvalue weighted by Crippen LogP contribution is -2.61. The number of aliphatic carboxylic acids is 1. The molecule has 0 radical (unpaired) electrons. The molecule has 1 atom stereocenters. The van der Waals surface area contributed by atoms with Gasteiger partial charge in [-0.2, -0.15) is 17.9 Å². The van der Waals surface area contributed by atoms with Gasteiger partial charge in [-0.3, -0.25) is 0 Å². The van der Waals surface area contributed by atoms with E-state index in [0.717, 1.165) is 4.72 Å². The van der Waals surface area contributed by atoms with Crippen molar-refractivity contribution in [1.29, 1.82) is 0 Å². The van der Waals surface area contributed by atoms with Crippen molar-refractivity contribution in [2.24, 2.45) is 0 Å². The molecule has 1 heterocycles. The second-order valence-electron chi connectivity index (χ2n) is 4.19. The monoisotopic (exact) mass is 316 g/mol. The Morgan fingerprint density at radius 1 is 1.35 bits per heavy atom. The molecule has 20 heavy (non-hydrogen) atoms. The van der Waals surface area contributed by atoms with Crippen LogP contribution in [0.25, 0.3) is 0 Å². The van der Waals surface area contributed by atoms with Gasteiger partial charge in [0.1, 0.15) is 10.6 Å². The number of carbonyl (C=O) groups is 1. The third-order valence-corrected chi connectivity index (χ3v) is 4.37. The molecule has 1 aromatic rings. The summed E-state index contributed by atoms with van der Waals surface area (Å²) in [6.07, 6.45) is -5.33. The van der Waals surface area contributed by atoms with Crippen LogP contribution in [-0.2, 0) is 14.8 Å². The molecule has 0 aromatic carbocycles. The Labute approximate surface area is 111 Å². The fraction of sp³-hybridized carbons (Fsp3) is 0.556. The van der Waals surface area contributed by atoms with Gasteiger partial charge in [-0.05, 0) is 20.8 Å². The summed E-state index contributed by atoms with van der Waals surface area (Å²) in [4.78, 5) is 10.2. The van der Waals surface area contributed by atoms with E-state index in [1.165, 1.54) is 13.8 Å². The van der Waals surface area contributed by atoms with Gasteiger partial charge in [-0.1, -0.05) is 5.16 Å². The van der Waals surface area contributed by atoms with E-state index < -0.39 is 32.6 Å². The van der Waals surface area contributed by atoms with Crippen molar-refractivity contribution in [2.75, 3.05) is 0 Å². The minimum atomic E-state index is -5.33. The zero-order valence-electron chi connectivity index (χ0n) is 10.6. The van der Waals surface area contributed by atoms with Crippen LogP contribution in [0.15, 0.2) is 9.42 Å². The Morgan fingerprint density at radius 3 is 2.15 bits per heavy atom. The molecule has 7 nitrogen and oxygen atoms in total. The maximum atomic E-state index is 12.8. The second kappa shape index (κ2) is 4.74. The summed E-state index contributed by atoms with van der Waals surface area (Å²) >= 11 is 0. The van der Waals surface area contributed by atoms with Gasteiger partial charge in [0.25, 0.3) is 0 Å². The van der Waals surface area contributed by atoms with Gasteiger partial charge in [0.2, 0.25) is 15.6 Å². The van der Waals surface area contributed by atoms with Crippen LogP contribution in [0, 0.1) is 13.8 Å². The number of rotatable bonds is 4.